The zero-order chi connectivity index (χ0) is 28.7. The number of aromatic hydroxyl groups is 1. The van der Waals surface area contributed by atoms with Crippen molar-refractivity contribution in [3.63, 3.8) is 0 Å². The van der Waals surface area contributed by atoms with Crippen molar-refractivity contribution in [3.05, 3.63) is 65.7 Å². The van der Waals surface area contributed by atoms with E-state index in [1.165, 1.54) is 30.3 Å². The van der Waals surface area contributed by atoms with E-state index < -0.39 is 64.2 Å². The minimum atomic E-state index is -2.00. The Hall–Kier alpha value is -2.70. The fourth-order valence-electron chi connectivity index (χ4n) is 6.91. The van der Waals surface area contributed by atoms with Crippen molar-refractivity contribution >= 4 is 81.0 Å². The number of amides is 4. The van der Waals surface area contributed by atoms with Gasteiger partial charge in [0.25, 0.3) is 11.8 Å². The third kappa shape index (κ3) is 3.48. The Morgan fingerprint density at radius 1 is 0.975 bits per heavy atom. The van der Waals surface area contributed by atoms with Crippen LogP contribution < -0.4 is 10.4 Å². The van der Waals surface area contributed by atoms with Crippen molar-refractivity contribution in [2.24, 2.45) is 17.8 Å². The number of phenols is 1. The highest BCUT2D eigenvalue weighted by atomic mass is 79.9. The number of fused-ring (bicyclic) bond motifs is 4. The van der Waals surface area contributed by atoms with Gasteiger partial charge in [-0.2, -0.15) is 0 Å². The molecule has 40 heavy (non-hydrogen) atoms. The predicted molar refractivity (Wildman–Crippen MR) is 150 cm³/mol. The van der Waals surface area contributed by atoms with E-state index in [1.807, 2.05) is 0 Å². The van der Waals surface area contributed by atoms with Crippen LogP contribution >= 0.6 is 39.1 Å². The first-order valence-electron chi connectivity index (χ1n) is 12.6. The zero-order valence-corrected chi connectivity index (χ0v) is 23.8. The van der Waals surface area contributed by atoms with E-state index >= 15 is 0 Å². The zero-order valence-electron chi connectivity index (χ0n) is 20.7. The maximum absolute atomic E-state index is 14.0. The number of benzene rings is 2. The number of carbonyl (C=O) groups excluding carboxylic acids is 4. The Morgan fingerprint density at radius 3 is 2.38 bits per heavy atom. The molecule has 13 heteroatoms. The second-order valence-corrected chi connectivity index (χ2v) is 12.3. The summed E-state index contributed by atoms with van der Waals surface area (Å²) < 4.78 is 0. The van der Waals surface area contributed by atoms with Crippen LogP contribution in [0.1, 0.15) is 24.3 Å². The van der Waals surface area contributed by atoms with Gasteiger partial charge in [-0.1, -0.05) is 57.9 Å². The molecule has 2 aliphatic heterocycles. The highest BCUT2D eigenvalue weighted by molar-refractivity contribution is 9.09. The summed E-state index contributed by atoms with van der Waals surface area (Å²) in [4.78, 5) is 53.0. The van der Waals surface area contributed by atoms with E-state index in [-0.39, 0.29) is 40.8 Å². The largest absolute Gasteiger partial charge is 0.508 e. The van der Waals surface area contributed by atoms with Gasteiger partial charge in [-0.15, -0.1) is 23.2 Å². The van der Waals surface area contributed by atoms with E-state index in [4.69, 9.17) is 23.2 Å². The number of imide groups is 2. The minimum absolute atomic E-state index is 0.112. The Bertz CT molecular complexity index is 1520. The van der Waals surface area contributed by atoms with Gasteiger partial charge in [-0.3, -0.25) is 29.0 Å². The molecule has 2 aliphatic carbocycles. The van der Waals surface area contributed by atoms with Crippen LogP contribution in [-0.2, 0) is 19.2 Å². The van der Waals surface area contributed by atoms with Crippen LogP contribution in [-0.4, -0.2) is 66.0 Å². The molecule has 3 fully saturated rings. The van der Waals surface area contributed by atoms with Crippen molar-refractivity contribution in [1.82, 2.24) is 4.90 Å². The summed E-state index contributed by atoms with van der Waals surface area (Å²) in [6.45, 7) is 0. The van der Waals surface area contributed by atoms with E-state index in [9.17, 15) is 34.3 Å². The summed E-state index contributed by atoms with van der Waals surface area (Å²) in [6, 6.07) is 12.2. The lowest BCUT2D eigenvalue weighted by Crippen LogP contribution is -2.60. The number of hydrogen-bond acceptors (Lipinski definition) is 7. The van der Waals surface area contributed by atoms with Gasteiger partial charge < -0.3 is 15.2 Å². The predicted octanol–water partition coefficient (Wildman–Crippen LogP) is 1.99. The molecule has 4 amide bonds. The lowest BCUT2D eigenvalue weighted by atomic mass is 9.56. The lowest BCUT2D eigenvalue weighted by molar-refractivity contribution is -0.138. The topological polar surface area (TPSA) is 135 Å². The summed E-state index contributed by atoms with van der Waals surface area (Å²) in [5, 5.41) is 30.1. The van der Waals surface area contributed by atoms with Crippen LogP contribution in [0.25, 0.3) is 0 Å². The van der Waals surface area contributed by atoms with Crippen LogP contribution in [0.4, 0.5) is 5.69 Å². The maximum Gasteiger partial charge on any atom is 0.488 e. The number of halogens is 3. The molecule has 0 radical (unpaired) electrons. The standard InChI is InChI=1S/C27H22BBrCl2N2O7/c29-12-32-24(37)26(30)11-18-15(21(27(26,31)25(32)38)16-6-1-2-7-19(16)34)8-9-17-20(18)23(36)33(22(17)35)14-5-3-4-13(10-14)28(39)40/h1-8,10,17-18,20-21,34,39-40H,9,11-12H2. The fourth-order valence-corrected chi connectivity index (χ4v) is 8.33. The quantitative estimate of drug-likeness (QED) is 0.152. The molecule has 2 saturated heterocycles. The molecule has 6 unspecified atom stereocenters. The highest BCUT2D eigenvalue weighted by Gasteiger charge is 2.76. The van der Waals surface area contributed by atoms with Gasteiger partial charge in [0.1, 0.15) is 5.75 Å². The van der Waals surface area contributed by atoms with Gasteiger partial charge in [-0.25, -0.2) is 0 Å². The molecular formula is C27H22BBrCl2N2O7. The van der Waals surface area contributed by atoms with Crippen LogP contribution in [0.3, 0.4) is 0 Å². The molecule has 6 rings (SSSR count). The number of anilines is 1. The van der Waals surface area contributed by atoms with Gasteiger partial charge in [0.15, 0.2) is 9.75 Å². The molecule has 6 atom stereocenters. The van der Waals surface area contributed by atoms with E-state index in [2.05, 4.69) is 15.9 Å². The molecule has 2 heterocycles. The van der Waals surface area contributed by atoms with Gasteiger partial charge in [-0.05, 0) is 42.4 Å². The van der Waals surface area contributed by atoms with E-state index in [0.717, 1.165) is 9.80 Å². The third-order valence-electron chi connectivity index (χ3n) is 8.69. The maximum atomic E-state index is 14.0. The molecule has 2 aromatic rings. The average molecular weight is 648 g/mol. The summed E-state index contributed by atoms with van der Waals surface area (Å²) in [6.07, 6.45) is 1.77. The number of alkyl halides is 3. The number of likely N-dealkylation sites (tertiary alicyclic amines) is 1. The number of phenolic OH excluding ortho intramolecular Hbond substituents is 1. The molecule has 3 N–H and O–H groups in total. The van der Waals surface area contributed by atoms with Crippen LogP contribution in [0.15, 0.2) is 60.2 Å². The molecule has 2 aromatic carbocycles. The molecule has 0 aromatic heterocycles. The molecule has 0 bridgehead atoms. The number of rotatable bonds is 4. The Kier molecular flexibility index (Phi) is 6.47. The third-order valence-corrected chi connectivity index (χ3v) is 10.6. The van der Waals surface area contributed by atoms with Crippen molar-refractivity contribution in [3.8, 4) is 5.75 Å². The summed E-state index contributed by atoms with van der Waals surface area (Å²) in [5.74, 6) is -6.05. The van der Waals surface area contributed by atoms with Crippen LogP contribution in [0, 0.1) is 17.8 Å². The Morgan fingerprint density at radius 2 is 1.70 bits per heavy atom. The number of nitrogens with zero attached hydrogens (tertiary/aromatic N) is 2. The summed E-state index contributed by atoms with van der Waals surface area (Å²) >= 11 is 17.5. The van der Waals surface area contributed by atoms with Crippen LogP contribution in [0.5, 0.6) is 5.75 Å². The minimum Gasteiger partial charge on any atom is -0.508 e. The lowest BCUT2D eigenvalue weighted by Gasteiger charge is -2.50. The molecule has 9 nitrogen and oxygen atoms in total. The van der Waals surface area contributed by atoms with Crippen molar-refractivity contribution in [2.75, 3.05) is 10.4 Å². The average Bonchev–Trinajstić information content (AvgIpc) is 3.27. The molecule has 1 saturated carbocycles. The smallest absolute Gasteiger partial charge is 0.488 e. The fraction of sp³-hybridized carbons (Fsp3) is 0.333. The first-order chi connectivity index (χ1) is 19.0. The normalized spacial score (nSPS) is 33.1. The summed E-state index contributed by atoms with van der Waals surface area (Å²) in [5.41, 5.74) is 1.01. The number of para-hydroxylation sites is 1. The number of carbonyl (C=O) groups is 4. The number of hydrogen-bond donors (Lipinski definition) is 3. The van der Waals surface area contributed by atoms with Crippen molar-refractivity contribution < 1.29 is 34.3 Å². The van der Waals surface area contributed by atoms with Gasteiger partial charge in [0, 0.05) is 11.5 Å². The monoisotopic (exact) mass is 646 g/mol. The second-order valence-electron chi connectivity index (χ2n) is 10.5. The van der Waals surface area contributed by atoms with Gasteiger partial charge in [0.2, 0.25) is 11.8 Å². The molecule has 206 valence electrons. The van der Waals surface area contributed by atoms with Crippen molar-refractivity contribution in [1.29, 1.82) is 0 Å². The van der Waals surface area contributed by atoms with Crippen LogP contribution in [0.2, 0.25) is 0 Å². The number of allylic oxidation sites excluding steroid dienone is 2. The molecule has 4 aliphatic rings. The van der Waals surface area contributed by atoms with Crippen molar-refractivity contribution in [2.45, 2.75) is 28.5 Å². The summed E-state index contributed by atoms with van der Waals surface area (Å²) in [7, 11) is -1.79. The Balaban J connectivity index is 1.50. The Labute approximate surface area is 247 Å². The molecular weight excluding hydrogens is 626 g/mol. The van der Waals surface area contributed by atoms with E-state index in [0.29, 0.717) is 5.57 Å². The second kappa shape index (κ2) is 9.42. The SMILES string of the molecule is O=C1C2CC=C3C(CC4(Cl)C(=O)N(CBr)C(=O)C4(Cl)C3c3ccccc3O)C2C(=O)N1c1cccc(B(O)O)c1. The van der Waals surface area contributed by atoms with Gasteiger partial charge >= 0.3 is 7.12 Å². The first kappa shape index (κ1) is 27.5. The van der Waals surface area contributed by atoms with E-state index in [1.54, 1.807) is 24.3 Å². The highest BCUT2D eigenvalue weighted by Crippen LogP contribution is 2.66. The molecule has 0 spiro atoms. The van der Waals surface area contributed by atoms with Gasteiger partial charge in [0.05, 0.1) is 23.0 Å². The first-order valence-corrected chi connectivity index (χ1v) is 14.5.